The van der Waals surface area contributed by atoms with Crippen LogP contribution in [0.2, 0.25) is 0 Å². The van der Waals surface area contributed by atoms with E-state index >= 15 is 0 Å². The van der Waals surface area contributed by atoms with Gasteiger partial charge < -0.3 is 0 Å². The van der Waals surface area contributed by atoms with Crippen molar-refractivity contribution in [2.75, 3.05) is 13.1 Å². The van der Waals surface area contributed by atoms with E-state index in [1.165, 1.54) is 102 Å². The topological polar surface area (TPSA) is 15.0 Å². The van der Waals surface area contributed by atoms with Gasteiger partial charge in [-0.2, -0.15) is 0 Å². The number of nitrogens with one attached hydrogen (secondary N) is 1. The first-order chi connectivity index (χ1) is 12.8. The standard InChI is InChI=1S/C24H46N2/c1-4-7-9-11-13-14-15-16-18-20-23-22-25-24(26(23)6-3)21-19-17-12-10-8-5-2/h18,20,23H,4-17,19,21-22H2,1-3H3/p+1. The summed E-state index contributed by atoms with van der Waals surface area (Å²) in [4.78, 5) is 0. The van der Waals surface area contributed by atoms with Crippen molar-refractivity contribution in [3.8, 4) is 0 Å². The normalized spacial score (nSPS) is 17.4. The highest BCUT2D eigenvalue weighted by molar-refractivity contribution is 5.78. The third kappa shape index (κ3) is 10.4. The minimum atomic E-state index is 0.583. The van der Waals surface area contributed by atoms with E-state index in [-0.39, 0.29) is 0 Å². The van der Waals surface area contributed by atoms with Crippen LogP contribution in [0.5, 0.6) is 0 Å². The van der Waals surface area contributed by atoms with Gasteiger partial charge in [-0.25, -0.2) is 0 Å². The van der Waals surface area contributed by atoms with E-state index < -0.39 is 0 Å². The Morgan fingerprint density at radius 1 is 0.808 bits per heavy atom. The number of hydrogen-bond donors (Lipinski definition) is 1. The zero-order chi connectivity index (χ0) is 18.9. The molecule has 1 aliphatic rings. The van der Waals surface area contributed by atoms with Gasteiger partial charge in [0.25, 0.3) is 0 Å². The van der Waals surface area contributed by atoms with E-state index in [2.05, 4.69) is 42.8 Å². The molecule has 1 aliphatic heterocycles. The Morgan fingerprint density at radius 3 is 2.00 bits per heavy atom. The van der Waals surface area contributed by atoms with Crippen LogP contribution < -0.4 is 5.32 Å². The van der Waals surface area contributed by atoms with Gasteiger partial charge in [0, 0.05) is 6.42 Å². The summed E-state index contributed by atoms with van der Waals surface area (Å²) in [5, 5.41) is 3.68. The summed E-state index contributed by atoms with van der Waals surface area (Å²) in [5.74, 6) is 1.49. The molecule has 0 saturated heterocycles. The quantitative estimate of drug-likeness (QED) is 0.170. The summed E-state index contributed by atoms with van der Waals surface area (Å²) in [7, 11) is 0. The van der Waals surface area contributed by atoms with Gasteiger partial charge in [0.15, 0.2) is 6.04 Å². The second-order valence-corrected chi connectivity index (χ2v) is 8.04. The molecule has 0 aliphatic carbocycles. The first-order valence-corrected chi connectivity index (χ1v) is 11.9. The van der Waals surface area contributed by atoms with Crippen LogP contribution in [0, 0.1) is 0 Å². The molecule has 0 spiro atoms. The van der Waals surface area contributed by atoms with Crippen molar-refractivity contribution in [2.24, 2.45) is 0 Å². The Balaban J connectivity index is 2.18. The average molecular weight is 364 g/mol. The van der Waals surface area contributed by atoms with Crippen LogP contribution >= 0.6 is 0 Å². The molecule has 1 unspecified atom stereocenters. The van der Waals surface area contributed by atoms with Gasteiger partial charge in [-0.1, -0.05) is 90.6 Å². The number of allylic oxidation sites excluding steroid dienone is 1. The fraction of sp³-hybridized carbons (Fsp3) is 0.875. The highest BCUT2D eigenvalue weighted by atomic mass is 15.2. The third-order valence-corrected chi connectivity index (χ3v) is 5.70. The molecule has 0 aromatic heterocycles. The fourth-order valence-corrected chi connectivity index (χ4v) is 4.01. The number of rotatable bonds is 17. The summed E-state index contributed by atoms with van der Waals surface area (Å²) in [6.45, 7) is 9.11. The Morgan fingerprint density at radius 2 is 1.38 bits per heavy atom. The van der Waals surface area contributed by atoms with E-state index in [1.807, 2.05) is 0 Å². The average Bonchev–Trinajstić information content (AvgIpc) is 3.05. The van der Waals surface area contributed by atoms with Crippen molar-refractivity contribution in [3.63, 3.8) is 0 Å². The van der Waals surface area contributed by atoms with Crippen molar-refractivity contribution in [3.05, 3.63) is 12.2 Å². The molecule has 152 valence electrons. The molecule has 0 amide bonds. The minimum Gasteiger partial charge on any atom is -0.274 e. The number of unbranched alkanes of at least 4 members (excludes halogenated alkanes) is 12. The molecule has 1 atom stereocenters. The molecule has 0 radical (unpaired) electrons. The highest BCUT2D eigenvalue weighted by Crippen LogP contribution is 2.12. The molecule has 0 saturated carbocycles. The highest BCUT2D eigenvalue weighted by Gasteiger charge is 2.27. The second-order valence-electron chi connectivity index (χ2n) is 8.04. The van der Waals surface area contributed by atoms with Gasteiger partial charge in [0.2, 0.25) is 5.84 Å². The van der Waals surface area contributed by atoms with Crippen LogP contribution in [0.3, 0.4) is 0 Å². The van der Waals surface area contributed by atoms with Crippen LogP contribution in [0.15, 0.2) is 12.2 Å². The number of nitrogens with zero attached hydrogens (tertiary/aromatic N) is 1. The van der Waals surface area contributed by atoms with Crippen LogP contribution in [0.4, 0.5) is 0 Å². The lowest BCUT2D eigenvalue weighted by molar-refractivity contribution is -0.541. The fourth-order valence-electron chi connectivity index (χ4n) is 4.01. The lowest BCUT2D eigenvalue weighted by Crippen LogP contribution is -2.24. The maximum Gasteiger partial charge on any atom is 0.245 e. The zero-order valence-corrected chi connectivity index (χ0v) is 18.2. The molecule has 1 heterocycles. The molecule has 1 N–H and O–H groups in total. The maximum absolute atomic E-state index is 3.68. The summed E-state index contributed by atoms with van der Waals surface area (Å²) < 4.78 is 2.59. The van der Waals surface area contributed by atoms with Crippen molar-refractivity contribution >= 4 is 5.84 Å². The van der Waals surface area contributed by atoms with Gasteiger partial charge in [-0.05, 0) is 32.3 Å². The Kier molecular flexibility index (Phi) is 14.7. The summed E-state index contributed by atoms with van der Waals surface area (Å²) in [5.41, 5.74) is 0. The largest absolute Gasteiger partial charge is 0.274 e. The number of amidine groups is 1. The molecule has 2 heteroatoms. The lowest BCUT2D eigenvalue weighted by atomic mass is 10.1. The van der Waals surface area contributed by atoms with Gasteiger partial charge in [0.05, 0.1) is 6.54 Å². The Hall–Kier alpha value is -0.790. The molecular weight excluding hydrogens is 316 g/mol. The van der Waals surface area contributed by atoms with Gasteiger partial charge in [0.1, 0.15) is 6.54 Å². The smallest absolute Gasteiger partial charge is 0.245 e. The van der Waals surface area contributed by atoms with E-state index in [4.69, 9.17) is 0 Å². The van der Waals surface area contributed by atoms with E-state index in [0.29, 0.717) is 6.04 Å². The van der Waals surface area contributed by atoms with Crippen LogP contribution in [-0.2, 0) is 0 Å². The SMILES string of the molecule is CCCCCCCCCC=CC1CNC(CCCCCCCC)=[N+]1CC. The van der Waals surface area contributed by atoms with Crippen molar-refractivity contribution in [1.82, 2.24) is 5.32 Å². The summed E-state index contributed by atoms with van der Waals surface area (Å²) in [6.07, 6.45) is 25.5. The molecule has 0 aromatic rings. The monoisotopic (exact) mass is 363 g/mol. The van der Waals surface area contributed by atoms with E-state index in [0.717, 1.165) is 13.1 Å². The Bertz CT molecular complexity index is 384. The van der Waals surface area contributed by atoms with Crippen LogP contribution in [0.1, 0.15) is 117 Å². The van der Waals surface area contributed by atoms with Gasteiger partial charge >= 0.3 is 0 Å². The predicted octanol–water partition coefficient (Wildman–Crippen LogP) is 6.84. The first-order valence-electron chi connectivity index (χ1n) is 11.9. The second kappa shape index (κ2) is 16.4. The van der Waals surface area contributed by atoms with Crippen molar-refractivity contribution < 1.29 is 4.58 Å². The van der Waals surface area contributed by atoms with Crippen LogP contribution in [-0.4, -0.2) is 29.5 Å². The zero-order valence-electron chi connectivity index (χ0n) is 18.2. The first kappa shape index (κ1) is 23.2. The van der Waals surface area contributed by atoms with Crippen molar-refractivity contribution in [1.29, 1.82) is 0 Å². The summed E-state index contributed by atoms with van der Waals surface area (Å²) >= 11 is 0. The maximum atomic E-state index is 3.68. The molecule has 1 rings (SSSR count). The Labute approximate surface area is 164 Å². The molecule has 2 nitrogen and oxygen atoms in total. The predicted molar refractivity (Wildman–Crippen MR) is 117 cm³/mol. The van der Waals surface area contributed by atoms with E-state index in [9.17, 15) is 0 Å². The molecule has 0 bridgehead atoms. The molecular formula is C24H47N2+. The summed E-state index contributed by atoms with van der Waals surface area (Å²) in [6, 6.07) is 0.583. The molecule has 0 aromatic carbocycles. The molecule has 0 fully saturated rings. The number of likely N-dealkylation sites (N-methyl/N-ethyl adjacent to an activating group) is 1. The third-order valence-electron chi connectivity index (χ3n) is 5.70. The van der Waals surface area contributed by atoms with Gasteiger partial charge in [-0.3, -0.25) is 9.89 Å². The van der Waals surface area contributed by atoms with Crippen LogP contribution in [0.25, 0.3) is 0 Å². The van der Waals surface area contributed by atoms with Crippen molar-refractivity contribution in [2.45, 2.75) is 123 Å². The van der Waals surface area contributed by atoms with Gasteiger partial charge in [-0.15, -0.1) is 0 Å². The molecule has 26 heavy (non-hydrogen) atoms. The van der Waals surface area contributed by atoms with E-state index in [1.54, 1.807) is 0 Å². The lowest BCUT2D eigenvalue weighted by Gasteiger charge is -2.07. The minimum absolute atomic E-state index is 0.583. The number of hydrogen-bond acceptors (Lipinski definition) is 1.